The Kier molecular flexibility index (Phi) is 3.57. The number of nitrogen functional groups attached to an aromatic ring is 1. The topological polar surface area (TPSA) is 81.6 Å². The molecule has 0 atom stereocenters. The monoisotopic (exact) mass is 330 g/mol. The molecule has 0 fully saturated rings. The number of aryl methyl sites for hydroxylation is 2. The molecule has 0 saturated carbocycles. The SMILES string of the molecule is Cc1ccc(Nc2cc(N)nc(-n3c(C)nc4ccccc43)n2)cc1. The maximum absolute atomic E-state index is 6.01. The van der Waals surface area contributed by atoms with Gasteiger partial charge in [-0.05, 0) is 38.1 Å². The van der Waals surface area contributed by atoms with Crippen molar-refractivity contribution in [2.24, 2.45) is 0 Å². The normalized spacial score (nSPS) is 11.0. The number of nitrogens with one attached hydrogen (secondary N) is 1. The summed E-state index contributed by atoms with van der Waals surface area (Å²) < 4.78 is 1.91. The Bertz CT molecular complexity index is 1050. The van der Waals surface area contributed by atoms with E-state index < -0.39 is 0 Å². The van der Waals surface area contributed by atoms with E-state index in [-0.39, 0.29) is 0 Å². The van der Waals surface area contributed by atoms with E-state index in [0.717, 1.165) is 22.5 Å². The molecule has 6 heteroatoms. The number of hydrogen-bond acceptors (Lipinski definition) is 5. The average Bonchev–Trinajstić information content (AvgIpc) is 2.92. The Morgan fingerprint density at radius 2 is 1.68 bits per heavy atom. The molecule has 2 aromatic carbocycles. The Hall–Kier alpha value is -3.41. The van der Waals surface area contributed by atoms with Gasteiger partial charge >= 0.3 is 0 Å². The molecule has 2 heterocycles. The van der Waals surface area contributed by atoms with Gasteiger partial charge < -0.3 is 11.1 Å². The van der Waals surface area contributed by atoms with Crippen molar-refractivity contribution in [2.75, 3.05) is 11.1 Å². The number of anilines is 3. The third-order valence-corrected chi connectivity index (χ3v) is 3.99. The zero-order chi connectivity index (χ0) is 17.4. The molecule has 3 N–H and O–H groups in total. The highest BCUT2D eigenvalue weighted by molar-refractivity contribution is 5.77. The predicted octanol–water partition coefficient (Wildman–Crippen LogP) is 3.76. The van der Waals surface area contributed by atoms with Crippen LogP contribution in [-0.4, -0.2) is 19.5 Å². The van der Waals surface area contributed by atoms with E-state index in [0.29, 0.717) is 17.6 Å². The number of para-hydroxylation sites is 2. The van der Waals surface area contributed by atoms with Crippen molar-refractivity contribution in [3.05, 3.63) is 66.0 Å². The highest BCUT2D eigenvalue weighted by Crippen LogP contribution is 2.22. The second-order valence-corrected chi connectivity index (χ2v) is 5.95. The number of aromatic nitrogens is 4. The lowest BCUT2D eigenvalue weighted by Crippen LogP contribution is -2.07. The fraction of sp³-hybridized carbons (Fsp3) is 0.105. The van der Waals surface area contributed by atoms with Crippen LogP contribution in [-0.2, 0) is 0 Å². The van der Waals surface area contributed by atoms with Gasteiger partial charge in [-0.25, -0.2) is 4.98 Å². The number of fused-ring (bicyclic) bond motifs is 1. The first-order chi connectivity index (χ1) is 12.1. The molecule has 0 aliphatic heterocycles. The number of nitrogens with two attached hydrogens (primary N) is 1. The summed E-state index contributed by atoms with van der Waals surface area (Å²) >= 11 is 0. The maximum Gasteiger partial charge on any atom is 0.239 e. The molecular weight excluding hydrogens is 312 g/mol. The summed E-state index contributed by atoms with van der Waals surface area (Å²) in [4.78, 5) is 13.6. The van der Waals surface area contributed by atoms with Crippen LogP contribution < -0.4 is 11.1 Å². The third-order valence-electron chi connectivity index (χ3n) is 3.99. The zero-order valence-electron chi connectivity index (χ0n) is 14.1. The maximum atomic E-state index is 6.01. The third kappa shape index (κ3) is 2.89. The summed E-state index contributed by atoms with van der Waals surface area (Å²) in [7, 11) is 0. The molecule has 0 unspecified atom stereocenters. The number of benzene rings is 2. The van der Waals surface area contributed by atoms with Crippen molar-refractivity contribution in [1.29, 1.82) is 0 Å². The van der Waals surface area contributed by atoms with Gasteiger partial charge in [0, 0.05) is 11.8 Å². The summed E-state index contributed by atoms with van der Waals surface area (Å²) in [5.74, 6) is 2.36. The summed E-state index contributed by atoms with van der Waals surface area (Å²) in [6.45, 7) is 3.98. The quantitative estimate of drug-likeness (QED) is 0.598. The fourth-order valence-electron chi connectivity index (χ4n) is 2.80. The standard InChI is InChI=1S/C19H18N6/c1-12-7-9-14(10-8-12)22-18-11-17(20)23-19(24-18)25-13(2)21-15-5-3-4-6-16(15)25/h3-11H,1-2H3,(H3,20,22,23,24). The van der Waals surface area contributed by atoms with E-state index in [9.17, 15) is 0 Å². The van der Waals surface area contributed by atoms with Crippen LogP contribution in [0.15, 0.2) is 54.6 Å². The predicted molar refractivity (Wildman–Crippen MR) is 100 cm³/mol. The fourth-order valence-corrected chi connectivity index (χ4v) is 2.80. The molecule has 0 aliphatic rings. The first kappa shape index (κ1) is 15.1. The first-order valence-corrected chi connectivity index (χ1v) is 8.03. The first-order valence-electron chi connectivity index (χ1n) is 8.03. The van der Waals surface area contributed by atoms with E-state index in [1.807, 2.05) is 60.0 Å². The van der Waals surface area contributed by atoms with Gasteiger partial charge in [0.2, 0.25) is 5.95 Å². The van der Waals surface area contributed by atoms with Crippen LogP contribution >= 0.6 is 0 Å². The lowest BCUT2D eigenvalue weighted by molar-refractivity contribution is 0.910. The van der Waals surface area contributed by atoms with Crippen LogP contribution in [0.3, 0.4) is 0 Å². The Balaban J connectivity index is 1.79. The molecule has 0 saturated heterocycles. The molecule has 2 aromatic heterocycles. The largest absolute Gasteiger partial charge is 0.383 e. The molecule has 0 radical (unpaired) electrons. The van der Waals surface area contributed by atoms with E-state index in [1.54, 1.807) is 6.07 Å². The van der Waals surface area contributed by atoms with Crippen LogP contribution in [0.1, 0.15) is 11.4 Å². The van der Waals surface area contributed by atoms with E-state index in [1.165, 1.54) is 5.56 Å². The molecule has 4 aromatic rings. The minimum atomic E-state index is 0.400. The molecule has 4 rings (SSSR count). The van der Waals surface area contributed by atoms with Crippen molar-refractivity contribution in [3.8, 4) is 5.95 Å². The molecule has 6 nitrogen and oxygen atoms in total. The lowest BCUT2D eigenvalue weighted by Gasteiger charge is -2.10. The minimum absolute atomic E-state index is 0.400. The van der Waals surface area contributed by atoms with Crippen molar-refractivity contribution in [1.82, 2.24) is 19.5 Å². The van der Waals surface area contributed by atoms with E-state index >= 15 is 0 Å². The van der Waals surface area contributed by atoms with Crippen LogP contribution in [0.4, 0.5) is 17.3 Å². The number of imidazole rings is 1. The van der Waals surface area contributed by atoms with E-state index in [4.69, 9.17) is 5.73 Å². The molecular formula is C19H18N6. The van der Waals surface area contributed by atoms with Gasteiger partial charge in [0.1, 0.15) is 17.5 Å². The molecule has 0 amide bonds. The summed E-state index contributed by atoms with van der Waals surface area (Å²) in [5.41, 5.74) is 10.0. The van der Waals surface area contributed by atoms with Crippen LogP contribution in [0.25, 0.3) is 17.0 Å². The average molecular weight is 330 g/mol. The van der Waals surface area contributed by atoms with Gasteiger partial charge in [-0.3, -0.25) is 4.57 Å². The number of rotatable bonds is 3. The van der Waals surface area contributed by atoms with Gasteiger partial charge in [0.25, 0.3) is 0 Å². The Morgan fingerprint density at radius 3 is 2.48 bits per heavy atom. The lowest BCUT2D eigenvalue weighted by atomic mass is 10.2. The van der Waals surface area contributed by atoms with E-state index in [2.05, 4.69) is 27.2 Å². The molecule has 0 bridgehead atoms. The summed E-state index contributed by atoms with van der Waals surface area (Å²) in [6, 6.07) is 17.7. The number of hydrogen-bond donors (Lipinski definition) is 2. The van der Waals surface area contributed by atoms with Gasteiger partial charge in [-0.2, -0.15) is 9.97 Å². The minimum Gasteiger partial charge on any atom is -0.383 e. The van der Waals surface area contributed by atoms with Gasteiger partial charge in [0.15, 0.2) is 0 Å². The van der Waals surface area contributed by atoms with Crippen molar-refractivity contribution < 1.29 is 0 Å². The van der Waals surface area contributed by atoms with Crippen molar-refractivity contribution >= 4 is 28.4 Å². The van der Waals surface area contributed by atoms with Crippen LogP contribution in [0.5, 0.6) is 0 Å². The highest BCUT2D eigenvalue weighted by Gasteiger charge is 2.12. The highest BCUT2D eigenvalue weighted by atomic mass is 15.2. The second kappa shape index (κ2) is 5.90. The van der Waals surface area contributed by atoms with Crippen LogP contribution in [0, 0.1) is 13.8 Å². The Morgan fingerprint density at radius 1 is 0.920 bits per heavy atom. The van der Waals surface area contributed by atoms with Gasteiger partial charge in [0.05, 0.1) is 11.0 Å². The van der Waals surface area contributed by atoms with Gasteiger partial charge in [-0.1, -0.05) is 29.8 Å². The second-order valence-electron chi connectivity index (χ2n) is 5.95. The van der Waals surface area contributed by atoms with Crippen LogP contribution in [0.2, 0.25) is 0 Å². The summed E-state index contributed by atoms with van der Waals surface area (Å²) in [6.07, 6.45) is 0. The molecule has 0 aliphatic carbocycles. The smallest absolute Gasteiger partial charge is 0.239 e. The van der Waals surface area contributed by atoms with Gasteiger partial charge in [-0.15, -0.1) is 0 Å². The zero-order valence-corrected chi connectivity index (χ0v) is 14.1. The summed E-state index contributed by atoms with van der Waals surface area (Å²) in [5, 5.41) is 3.28. The Labute approximate surface area is 145 Å². The number of nitrogens with zero attached hydrogens (tertiary/aromatic N) is 4. The molecule has 25 heavy (non-hydrogen) atoms. The van der Waals surface area contributed by atoms with Crippen molar-refractivity contribution in [3.63, 3.8) is 0 Å². The molecule has 0 spiro atoms. The van der Waals surface area contributed by atoms with Crippen molar-refractivity contribution in [2.45, 2.75) is 13.8 Å². The molecule has 124 valence electrons.